The third-order valence-electron chi connectivity index (χ3n) is 3.32. The Bertz CT molecular complexity index is 823. The Labute approximate surface area is 128 Å². The molecule has 4 heteroatoms. The Kier molecular flexibility index (Phi) is 3.59. The van der Waals surface area contributed by atoms with Gasteiger partial charge in [0.25, 0.3) is 0 Å². The number of aryl methyl sites for hydroxylation is 1. The van der Waals surface area contributed by atoms with Crippen molar-refractivity contribution in [3.8, 4) is 0 Å². The highest BCUT2D eigenvalue weighted by molar-refractivity contribution is 6.36. The molecule has 104 valence electrons. The van der Waals surface area contributed by atoms with Gasteiger partial charge in [-0.05, 0) is 25.1 Å². The van der Waals surface area contributed by atoms with Gasteiger partial charge < -0.3 is 5.73 Å². The molecule has 21 heavy (non-hydrogen) atoms. The molecule has 0 spiro atoms. The van der Waals surface area contributed by atoms with Gasteiger partial charge in [-0.15, -0.1) is 5.11 Å². The lowest BCUT2D eigenvalue weighted by molar-refractivity contribution is 1.23. The van der Waals surface area contributed by atoms with Gasteiger partial charge in [-0.25, -0.2) is 0 Å². The summed E-state index contributed by atoms with van der Waals surface area (Å²) in [4.78, 5) is 0. The number of hydrogen-bond acceptors (Lipinski definition) is 3. The number of nitrogens with two attached hydrogens (primary N) is 1. The third-order valence-corrected chi connectivity index (χ3v) is 3.63. The molecule has 0 aliphatic carbocycles. The smallest absolute Gasteiger partial charge is 0.111 e. The number of hydrogen-bond donors (Lipinski definition) is 1. The van der Waals surface area contributed by atoms with Crippen molar-refractivity contribution in [2.24, 2.45) is 10.2 Å². The first kappa shape index (κ1) is 13.6. The molecular weight excluding hydrogens is 282 g/mol. The predicted molar refractivity (Wildman–Crippen MR) is 88.7 cm³/mol. The van der Waals surface area contributed by atoms with Crippen LogP contribution in [0.2, 0.25) is 5.02 Å². The fourth-order valence-corrected chi connectivity index (χ4v) is 2.41. The summed E-state index contributed by atoms with van der Waals surface area (Å²) in [5.41, 5.74) is 9.30. The van der Waals surface area contributed by atoms with Crippen molar-refractivity contribution >= 4 is 39.4 Å². The molecule has 0 radical (unpaired) electrons. The van der Waals surface area contributed by atoms with Gasteiger partial charge in [0.15, 0.2) is 0 Å². The van der Waals surface area contributed by atoms with E-state index in [2.05, 4.69) is 10.2 Å². The van der Waals surface area contributed by atoms with E-state index in [1.165, 1.54) is 5.56 Å². The van der Waals surface area contributed by atoms with E-state index in [0.29, 0.717) is 16.4 Å². The third kappa shape index (κ3) is 2.73. The van der Waals surface area contributed by atoms with Crippen LogP contribution < -0.4 is 5.73 Å². The number of nitrogens with zero attached hydrogens (tertiary/aromatic N) is 2. The van der Waals surface area contributed by atoms with Crippen molar-refractivity contribution in [2.75, 3.05) is 5.73 Å². The van der Waals surface area contributed by atoms with E-state index in [0.717, 1.165) is 16.5 Å². The van der Waals surface area contributed by atoms with Gasteiger partial charge in [-0.1, -0.05) is 53.6 Å². The second-order valence-electron chi connectivity index (χ2n) is 4.87. The number of fused-ring (bicyclic) bond motifs is 1. The van der Waals surface area contributed by atoms with Crippen molar-refractivity contribution in [1.82, 2.24) is 0 Å². The lowest BCUT2D eigenvalue weighted by atomic mass is 10.1. The van der Waals surface area contributed by atoms with E-state index in [1.54, 1.807) is 6.07 Å². The second-order valence-corrected chi connectivity index (χ2v) is 5.28. The standard InChI is InChI=1S/C17H14ClN3/c1-11-6-8-12(9-7-11)20-21-16-10-15(18)13-4-2-3-5-14(13)17(16)19/h2-10H,19H2,1H3. The number of halogens is 1. The molecule has 0 aliphatic heterocycles. The van der Waals surface area contributed by atoms with E-state index in [1.807, 2.05) is 55.5 Å². The maximum atomic E-state index is 6.28. The van der Waals surface area contributed by atoms with E-state index in [4.69, 9.17) is 17.3 Å². The molecule has 3 nitrogen and oxygen atoms in total. The van der Waals surface area contributed by atoms with Crippen LogP contribution in [0.15, 0.2) is 64.8 Å². The Balaban J connectivity index is 2.04. The summed E-state index contributed by atoms with van der Waals surface area (Å²) in [5, 5.41) is 10.9. The average molecular weight is 296 g/mol. The highest BCUT2D eigenvalue weighted by Crippen LogP contribution is 2.36. The second kappa shape index (κ2) is 5.54. The summed E-state index contributed by atoms with van der Waals surface area (Å²) >= 11 is 6.28. The molecule has 0 amide bonds. The summed E-state index contributed by atoms with van der Waals surface area (Å²) < 4.78 is 0. The van der Waals surface area contributed by atoms with Crippen molar-refractivity contribution in [3.63, 3.8) is 0 Å². The zero-order chi connectivity index (χ0) is 14.8. The van der Waals surface area contributed by atoms with Crippen LogP contribution in [-0.2, 0) is 0 Å². The van der Waals surface area contributed by atoms with Crippen molar-refractivity contribution in [1.29, 1.82) is 0 Å². The van der Waals surface area contributed by atoms with Gasteiger partial charge in [-0.2, -0.15) is 5.11 Å². The monoisotopic (exact) mass is 295 g/mol. The molecule has 3 aromatic rings. The van der Waals surface area contributed by atoms with Crippen LogP contribution in [0.3, 0.4) is 0 Å². The molecule has 0 unspecified atom stereocenters. The lowest BCUT2D eigenvalue weighted by Crippen LogP contribution is -1.88. The fourth-order valence-electron chi connectivity index (χ4n) is 2.15. The Hall–Kier alpha value is -2.39. The van der Waals surface area contributed by atoms with Crippen LogP contribution in [0.1, 0.15) is 5.56 Å². The van der Waals surface area contributed by atoms with Crippen LogP contribution in [0.25, 0.3) is 10.8 Å². The van der Waals surface area contributed by atoms with Crippen LogP contribution in [0.5, 0.6) is 0 Å². The molecule has 0 saturated carbocycles. The van der Waals surface area contributed by atoms with Gasteiger partial charge in [0.2, 0.25) is 0 Å². The Morgan fingerprint density at radius 1 is 0.905 bits per heavy atom. The minimum Gasteiger partial charge on any atom is -0.396 e. The summed E-state index contributed by atoms with van der Waals surface area (Å²) in [6.07, 6.45) is 0. The number of benzene rings is 3. The summed E-state index contributed by atoms with van der Waals surface area (Å²) in [7, 11) is 0. The van der Waals surface area contributed by atoms with Gasteiger partial charge in [-0.3, -0.25) is 0 Å². The maximum absolute atomic E-state index is 6.28. The molecule has 0 bridgehead atoms. The van der Waals surface area contributed by atoms with Gasteiger partial charge in [0, 0.05) is 10.8 Å². The minimum atomic E-state index is 0.583. The normalized spacial score (nSPS) is 11.3. The summed E-state index contributed by atoms with van der Waals surface area (Å²) in [6.45, 7) is 2.03. The molecule has 3 aromatic carbocycles. The van der Waals surface area contributed by atoms with E-state index < -0.39 is 0 Å². The zero-order valence-electron chi connectivity index (χ0n) is 11.5. The molecule has 0 fully saturated rings. The number of azo groups is 1. The van der Waals surface area contributed by atoms with E-state index in [-0.39, 0.29) is 0 Å². The highest BCUT2D eigenvalue weighted by atomic mass is 35.5. The molecule has 0 aromatic heterocycles. The summed E-state index contributed by atoms with van der Waals surface area (Å²) in [5.74, 6) is 0. The molecular formula is C17H14ClN3. The molecule has 0 saturated heterocycles. The first-order valence-corrected chi connectivity index (χ1v) is 6.98. The van der Waals surface area contributed by atoms with Crippen LogP contribution >= 0.6 is 11.6 Å². The largest absolute Gasteiger partial charge is 0.396 e. The first-order chi connectivity index (χ1) is 10.1. The average Bonchev–Trinajstić information content (AvgIpc) is 2.51. The fraction of sp³-hybridized carbons (Fsp3) is 0.0588. The van der Waals surface area contributed by atoms with Crippen LogP contribution in [0, 0.1) is 6.92 Å². The van der Waals surface area contributed by atoms with Gasteiger partial charge >= 0.3 is 0 Å². The van der Waals surface area contributed by atoms with Crippen LogP contribution in [-0.4, -0.2) is 0 Å². The van der Waals surface area contributed by atoms with E-state index >= 15 is 0 Å². The van der Waals surface area contributed by atoms with Gasteiger partial charge in [0.05, 0.1) is 16.4 Å². The highest BCUT2D eigenvalue weighted by Gasteiger charge is 2.07. The van der Waals surface area contributed by atoms with Crippen molar-refractivity contribution < 1.29 is 0 Å². The van der Waals surface area contributed by atoms with Crippen molar-refractivity contribution in [3.05, 3.63) is 65.2 Å². The molecule has 0 aliphatic rings. The Morgan fingerprint density at radius 3 is 2.29 bits per heavy atom. The SMILES string of the molecule is Cc1ccc(N=Nc2cc(Cl)c3ccccc3c2N)cc1. The maximum Gasteiger partial charge on any atom is 0.111 e. The topological polar surface area (TPSA) is 50.7 Å². The van der Waals surface area contributed by atoms with E-state index in [9.17, 15) is 0 Å². The first-order valence-electron chi connectivity index (χ1n) is 6.60. The summed E-state index contributed by atoms with van der Waals surface area (Å²) in [6, 6.07) is 17.3. The number of rotatable bonds is 2. The zero-order valence-corrected chi connectivity index (χ0v) is 12.3. The quantitative estimate of drug-likeness (QED) is 0.471. The van der Waals surface area contributed by atoms with Gasteiger partial charge in [0.1, 0.15) is 5.69 Å². The van der Waals surface area contributed by atoms with Crippen molar-refractivity contribution in [2.45, 2.75) is 6.92 Å². The minimum absolute atomic E-state index is 0.583. The lowest BCUT2D eigenvalue weighted by Gasteiger charge is -2.06. The van der Waals surface area contributed by atoms with Crippen LogP contribution in [0.4, 0.5) is 17.1 Å². The number of nitrogen functional groups attached to an aromatic ring is 1. The Morgan fingerprint density at radius 2 is 1.57 bits per heavy atom. The molecule has 3 rings (SSSR count). The number of anilines is 1. The molecule has 2 N–H and O–H groups in total. The predicted octanol–water partition coefficient (Wildman–Crippen LogP) is 5.80. The molecule has 0 heterocycles. The molecule has 0 atom stereocenters.